The Balaban J connectivity index is 3.73. The summed E-state index contributed by atoms with van der Waals surface area (Å²) < 4.78 is 5.49. The summed E-state index contributed by atoms with van der Waals surface area (Å²) >= 11 is 0. The van der Waals surface area contributed by atoms with Crippen LogP contribution in [0.3, 0.4) is 0 Å². The van der Waals surface area contributed by atoms with Crippen molar-refractivity contribution in [1.29, 1.82) is 0 Å². The molecule has 1 unspecified atom stereocenters. The molecule has 0 bridgehead atoms. The predicted octanol–water partition coefficient (Wildman–Crippen LogP) is 3.51. The van der Waals surface area contributed by atoms with Crippen LogP contribution in [-0.2, 0) is 4.74 Å². The molecule has 0 saturated heterocycles. The fraction of sp³-hybridized carbons (Fsp3) is 0.833. The second-order valence-electron chi connectivity index (χ2n) is 4.46. The van der Waals surface area contributed by atoms with Gasteiger partial charge in [0.2, 0.25) is 0 Å². The molecular weight excluding hydrogens is 160 g/mol. The molecular formula is C12H24O. The van der Waals surface area contributed by atoms with Crippen molar-refractivity contribution >= 4 is 0 Å². The van der Waals surface area contributed by atoms with Crippen LogP contribution >= 0.6 is 0 Å². The summed E-state index contributed by atoms with van der Waals surface area (Å²) in [5.74, 6) is 2.17. The van der Waals surface area contributed by atoms with Crippen molar-refractivity contribution in [2.75, 3.05) is 13.2 Å². The van der Waals surface area contributed by atoms with E-state index in [0.717, 1.165) is 12.5 Å². The first-order chi connectivity index (χ1) is 6.07. The van der Waals surface area contributed by atoms with Gasteiger partial charge in [0.15, 0.2) is 0 Å². The van der Waals surface area contributed by atoms with Gasteiger partial charge in [0, 0.05) is 0 Å². The minimum Gasteiger partial charge on any atom is -0.377 e. The number of rotatable bonds is 7. The molecule has 0 N–H and O–H groups in total. The normalized spacial score (nSPS) is 13.7. The van der Waals surface area contributed by atoms with Crippen LogP contribution in [0.25, 0.3) is 0 Å². The lowest BCUT2D eigenvalue weighted by Gasteiger charge is -2.22. The molecule has 0 radical (unpaired) electrons. The van der Waals surface area contributed by atoms with E-state index in [1.807, 2.05) is 6.08 Å². The molecule has 0 saturated carbocycles. The Bertz CT molecular complexity index is 127. The van der Waals surface area contributed by atoms with E-state index in [4.69, 9.17) is 4.74 Å². The third-order valence-corrected chi connectivity index (χ3v) is 2.28. The van der Waals surface area contributed by atoms with Crippen molar-refractivity contribution in [3.63, 3.8) is 0 Å². The van der Waals surface area contributed by atoms with Crippen molar-refractivity contribution in [2.24, 2.45) is 17.8 Å². The zero-order valence-corrected chi connectivity index (χ0v) is 9.55. The summed E-state index contributed by atoms with van der Waals surface area (Å²) in [5, 5.41) is 0. The van der Waals surface area contributed by atoms with Gasteiger partial charge in [-0.05, 0) is 24.2 Å². The summed E-state index contributed by atoms with van der Waals surface area (Å²) in [4.78, 5) is 0. The maximum absolute atomic E-state index is 5.49. The Morgan fingerprint density at radius 1 is 1.23 bits per heavy atom. The first-order valence-corrected chi connectivity index (χ1v) is 5.26. The van der Waals surface area contributed by atoms with Gasteiger partial charge in [-0.1, -0.05) is 33.8 Å². The van der Waals surface area contributed by atoms with E-state index in [1.54, 1.807) is 0 Å². The van der Waals surface area contributed by atoms with Crippen LogP contribution in [0.15, 0.2) is 12.7 Å². The Morgan fingerprint density at radius 2 is 1.85 bits per heavy atom. The highest BCUT2D eigenvalue weighted by Gasteiger charge is 2.14. The smallest absolute Gasteiger partial charge is 0.0644 e. The lowest BCUT2D eigenvalue weighted by Crippen LogP contribution is -2.18. The second kappa shape index (κ2) is 7.14. The van der Waals surface area contributed by atoms with Gasteiger partial charge >= 0.3 is 0 Å². The minimum atomic E-state index is 0.682. The highest BCUT2D eigenvalue weighted by atomic mass is 16.5. The van der Waals surface area contributed by atoms with E-state index >= 15 is 0 Å². The molecule has 0 amide bonds. The van der Waals surface area contributed by atoms with Crippen LogP contribution < -0.4 is 0 Å². The van der Waals surface area contributed by atoms with Crippen molar-refractivity contribution in [2.45, 2.75) is 34.1 Å². The van der Waals surface area contributed by atoms with Gasteiger partial charge in [0.1, 0.15) is 0 Å². The van der Waals surface area contributed by atoms with Crippen molar-refractivity contribution in [1.82, 2.24) is 0 Å². The molecule has 0 heterocycles. The summed E-state index contributed by atoms with van der Waals surface area (Å²) in [7, 11) is 0. The average Bonchev–Trinajstić information content (AvgIpc) is 2.02. The maximum atomic E-state index is 5.49. The van der Waals surface area contributed by atoms with Gasteiger partial charge in [-0.25, -0.2) is 0 Å². The monoisotopic (exact) mass is 184 g/mol. The van der Waals surface area contributed by atoms with Gasteiger partial charge in [0.05, 0.1) is 13.2 Å². The standard InChI is InChI=1S/C12H24O/c1-6-7-13-9-12(11(4)5)8-10(2)3/h6,10-12H,1,7-9H2,2-5H3. The van der Waals surface area contributed by atoms with E-state index in [0.29, 0.717) is 18.4 Å². The van der Waals surface area contributed by atoms with E-state index < -0.39 is 0 Å². The molecule has 0 spiro atoms. The highest BCUT2D eigenvalue weighted by molar-refractivity contribution is 4.68. The first-order valence-electron chi connectivity index (χ1n) is 5.26. The number of hydrogen-bond acceptors (Lipinski definition) is 1. The summed E-state index contributed by atoms with van der Waals surface area (Å²) in [6.07, 6.45) is 3.07. The molecule has 0 aliphatic heterocycles. The van der Waals surface area contributed by atoms with E-state index in [2.05, 4.69) is 34.3 Å². The van der Waals surface area contributed by atoms with Gasteiger partial charge in [-0.15, -0.1) is 6.58 Å². The molecule has 0 fully saturated rings. The van der Waals surface area contributed by atoms with Crippen molar-refractivity contribution < 1.29 is 4.74 Å². The Morgan fingerprint density at radius 3 is 2.23 bits per heavy atom. The molecule has 78 valence electrons. The molecule has 1 nitrogen and oxygen atoms in total. The zero-order valence-electron chi connectivity index (χ0n) is 9.55. The molecule has 0 aromatic rings. The molecule has 1 heteroatoms. The van der Waals surface area contributed by atoms with Gasteiger partial charge in [-0.2, -0.15) is 0 Å². The average molecular weight is 184 g/mol. The molecule has 0 aromatic carbocycles. The molecule has 0 rings (SSSR count). The summed E-state index contributed by atoms with van der Waals surface area (Å²) in [6.45, 7) is 14.3. The van der Waals surface area contributed by atoms with E-state index in [-0.39, 0.29) is 0 Å². The van der Waals surface area contributed by atoms with Crippen LogP contribution in [0.2, 0.25) is 0 Å². The molecule has 0 aromatic heterocycles. The predicted molar refractivity (Wildman–Crippen MR) is 58.8 cm³/mol. The number of ether oxygens (including phenoxy) is 1. The minimum absolute atomic E-state index is 0.682. The van der Waals surface area contributed by atoms with Crippen LogP contribution in [0.5, 0.6) is 0 Å². The highest BCUT2D eigenvalue weighted by Crippen LogP contribution is 2.20. The van der Waals surface area contributed by atoms with Gasteiger partial charge in [-0.3, -0.25) is 0 Å². The fourth-order valence-corrected chi connectivity index (χ4v) is 1.44. The molecule has 0 aliphatic carbocycles. The lowest BCUT2D eigenvalue weighted by molar-refractivity contribution is 0.0927. The van der Waals surface area contributed by atoms with Crippen LogP contribution in [-0.4, -0.2) is 13.2 Å². The summed E-state index contributed by atoms with van der Waals surface area (Å²) in [5.41, 5.74) is 0. The Labute approximate surface area is 83.2 Å². The van der Waals surface area contributed by atoms with Crippen LogP contribution in [0.4, 0.5) is 0 Å². The Hall–Kier alpha value is -0.300. The zero-order chi connectivity index (χ0) is 10.3. The third-order valence-electron chi connectivity index (χ3n) is 2.28. The van der Waals surface area contributed by atoms with Gasteiger partial charge < -0.3 is 4.74 Å². The topological polar surface area (TPSA) is 9.23 Å². The molecule has 1 atom stereocenters. The van der Waals surface area contributed by atoms with Crippen LogP contribution in [0.1, 0.15) is 34.1 Å². The molecule has 13 heavy (non-hydrogen) atoms. The Kier molecular flexibility index (Phi) is 6.97. The van der Waals surface area contributed by atoms with Crippen molar-refractivity contribution in [3.8, 4) is 0 Å². The fourth-order valence-electron chi connectivity index (χ4n) is 1.44. The van der Waals surface area contributed by atoms with Crippen molar-refractivity contribution in [3.05, 3.63) is 12.7 Å². The SMILES string of the molecule is C=CCOCC(CC(C)C)C(C)C. The van der Waals surface area contributed by atoms with E-state index in [1.165, 1.54) is 6.42 Å². The van der Waals surface area contributed by atoms with Crippen LogP contribution in [0, 0.1) is 17.8 Å². The quantitative estimate of drug-likeness (QED) is 0.434. The second-order valence-corrected chi connectivity index (χ2v) is 4.46. The van der Waals surface area contributed by atoms with E-state index in [9.17, 15) is 0 Å². The molecule has 0 aliphatic rings. The first kappa shape index (κ1) is 12.7. The summed E-state index contributed by atoms with van der Waals surface area (Å²) in [6, 6.07) is 0. The lowest BCUT2D eigenvalue weighted by atomic mass is 9.88. The van der Waals surface area contributed by atoms with Gasteiger partial charge in [0.25, 0.3) is 0 Å². The largest absolute Gasteiger partial charge is 0.377 e. The third kappa shape index (κ3) is 6.83. The number of hydrogen-bond donors (Lipinski definition) is 0. The maximum Gasteiger partial charge on any atom is 0.0644 e.